The molecule has 0 saturated carbocycles. The van der Waals surface area contributed by atoms with Crippen molar-refractivity contribution < 1.29 is 13.2 Å². The van der Waals surface area contributed by atoms with E-state index in [9.17, 15) is 8.42 Å². The first-order valence-corrected chi connectivity index (χ1v) is 12.6. The first-order valence-electron chi connectivity index (χ1n) is 11.1. The van der Waals surface area contributed by atoms with Gasteiger partial charge in [-0.3, -0.25) is 5.43 Å². The second-order valence-corrected chi connectivity index (χ2v) is 10.0. The lowest BCUT2D eigenvalue weighted by molar-refractivity contribution is 0.270. The summed E-state index contributed by atoms with van der Waals surface area (Å²) in [6.07, 6.45) is 4.79. The van der Waals surface area contributed by atoms with Crippen molar-refractivity contribution in [3.63, 3.8) is 0 Å². The van der Waals surface area contributed by atoms with Crippen molar-refractivity contribution in [1.82, 2.24) is 30.3 Å². The molecular weight excluding hydrogens is 458 g/mol. The highest BCUT2D eigenvalue weighted by Gasteiger charge is 2.30. The Balaban J connectivity index is 1.58. The van der Waals surface area contributed by atoms with Gasteiger partial charge in [0.05, 0.1) is 17.5 Å². The van der Waals surface area contributed by atoms with E-state index >= 15 is 0 Å². The molecule has 1 aliphatic heterocycles. The fourth-order valence-electron chi connectivity index (χ4n) is 3.54. The Morgan fingerprint density at radius 3 is 2.79 bits per heavy atom. The molecular formula is C21H33N9O3S. The summed E-state index contributed by atoms with van der Waals surface area (Å²) in [5.41, 5.74) is 13.4. The minimum absolute atomic E-state index is 0.0744. The Morgan fingerprint density at radius 2 is 2.09 bits per heavy atom. The number of piperidine rings is 1. The molecule has 1 aromatic heterocycles. The summed E-state index contributed by atoms with van der Waals surface area (Å²) in [6.45, 7) is 1.99. The summed E-state index contributed by atoms with van der Waals surface area (Å²) in [7, 11) is -0.137. The number of hydrazine groups is 1. The number of sulfonamides is 1. The highest BCUT2D eigenvalue weighted by molar-refractivity contribution is 7.89. The molecule has 34 heavy (non-hydrogen) atoms. The molecule has 0 amide bonds. The molecule has 2 aromatic rings. The summed E-state index contributed by atoms with van der Waals surface area (Å²) in [5.74, 6) is 0.228. The number of hydrogen-bond donors (Lipinski definition) is 4. The predicted octanol–water partition coefficient (Wildman–Crippen LogP) is -0.203. The Bertz CT molecular complexity index is 1060. The first kappa shape index (κ1) is 25.6. The highest BCUT2D eigenvalue weighted by atomic mass is 32.2. The van der Waals surface area contributed by atoms with Gasteiger partial charge >= 0.3 is 0 Å². The molecule has 186 valence electrons. The Kier molecular flexibility index (Phi) is 9.39. The van der Waals surface area contributed by atoms with Gasteiger partial charge in [-0.2, -0.15) is 10.1 Å². The number of ether oxygens (including phenoxy) is 1. The maximum absolute atomic E-state index is 12.7. The van der Waals surface area contributed by atoms with Gasteiger partial charge in [-0.15, -0.1) is 0 Å². The zero-order chi connectivity index (χ0) is 24.4. The van der Waals surface area contributed by atoms with Gasteiger partial charge in [-0.25, -0.2) is 27.8 Å². The van der Waals surface area contributed by atoms with Crippen molar-refractivity contribution in [3.8, 4) is 5.69 Å². The number of nitrogens with zero attached hydrogens (tertiary/aromatic N) is 5. The second-order valence-electron chi connectivity index (χ2n) is 7.71. The van der Waals surface area contributed by atoms with Gasteiger partial charge in [0, 0.05) is 33.0 Å². The standard InChI is InChI=1S/C21H33N9O3S/c1-23-28-21(25-16-17-6-3-4-7-19(17)30-13-5-10-26-30)27-20(22)33-15-14-29(2)34(31,32)18-8-11-24-12-9-18/h3-7,10,13,18,23-24H,8-9,11-12,14-16H2,1-2H3,(H3,22,25,27,28). The number of benzene rings is 1. The average Bonchev–Trinajstić information content (AvgIpc) is 3.38. The summed E-state index contributed by atoms with van der Waals surface area (Å²) in [4.78, 5) is 8.65. The fourth-order valence-corrected chi connectivity index (χ4v) is 5.21. The molecule has 5 N–H and O–H groups in total. The average molecular weight is 492 g/mol. The number of rotatable bonds is 9. The quantitative estimate of drug-likeness (QED) is 0.214. The van der Waals surface area contributed by atoms with Crippen molar-refractivity contribution in [2.75, 3.05) is 40.3 Å². The smallest absolute Gasteiger partial charge is 0.290 e. The molecule has 0 aliphatic carbocycles. The molecule has 1 saturated heterocycles. The van der Waals surface area contributed by atoms with Crippen LogP contribution in [0, 0.1) is 0 Å². The number of guanidine groups is 1. The molecule has 1 aromatic carbocycles. The lowest BCUT2D eigenvalue weighted by Gasteiger charge is -2.27. The number of aromatic nitrogens is 2. The lowest BCUT2D eigenvalue weighted by atomic mass is 10.2. The van der Waals surface area contributed by atoms with Gasteiger partial charge in [0.1, 0.15) is 6.61 Å². The van der Waals surface area contributed by atoms with Crippen LogP contribution in [0.2, 0.25) is 0 Å². The van der Waals surface area contributed by atoms with Crippen molar-refractivity contribution in [2.24, 2.45) is 15.7 Å². The Morgan fingerprint density at radius 1 is 1.32 bits per heavy atom. The SMILES string of the molecule is CNNC(=NCc1ccccc1-n1cccn1)N=C(N)OCCN(C)S(=O)(=O)C1CCNCC1. The number of nitrogens with one attached hydrogen (secondary N) is 3. The molecule has 0 unspecified atom stereocenters. The van der Waals surface area contributed by atoms with Crippen LogP contribution in [-0.2, 0) is 21.3 Å². The predicted molar refractivity (Wildman–Crippen MR) is 132 cm³/mol. The minimum Gasteiger partial charge on any atom is -0.464 e. The highest BCUT2D eigenvalue weighted by Crippen LogP contribution is 2.16. The Labute approximate surface area is 200 Å². The third kappa shape index (κ3) is 7.00. The van der Waals surface area contributed by atoms with Gasteiger partial charge in [0.15, 0.2) is 0 Å². The third-order valence-corrected chi connectivity index (χ3v) is 7.76. The van der Waals surface area contributed by atoms with Crippen LogP contribution in [0.5, 0.6) is 0 Å². The van der Waals surface area contributed by atoms with E-state index in [1.165, 1.54) is 4.31 Å². The molecule has 3 rings (SSSR count). The zero-order valence-corrected chi connectivity index (χ0v) is 20.3. The van der Waals surface area contributed by atoms with Crippen LogP contribution in [0.3, 0.4) is 0 Å². The van der Waals surface area contributed by atoms with E-state index in [1.807, 2.05) is 36.5 Å². The number of amidine groups is 1. The minimum atomic E-state index is -3.37. The first-order chi connectivity index (χ1) is 16.4. The van der Waals surface area contributed by atoms with Gasteiger partial charge in [0.2, 0.25) is 16.0 Å². The van der Waals surface area contributed by atoms with E-state index in [2.05, 4.69) is 31.3 Å². The van der Waals surface area contributed by atoms with Crippen molar-refractivity contribution >= 4 is 22.0 Å². The van der Waals surface area contributed by atoms with E-state index in [4.69, 9.17) is 10.5 Å². The number of para-hydroxylation sites is 1. The summed E-state index contributed by atoms with van der Waals surface area (Å²) >= 11 is 0. The van der Waals surface area contributed by atoms with E-state index in [-0.39, 0.29) is 30.4 Å². The lowest BCUT2D eigenvalue weighted by Crippen LogP contribution is -2.43. The topological polar surface area (TPSA) is 151 Å². The molecule has 0 spiro atoms. The van der Waals surface area contributed by atoms with E-state index in [1.54, 1.807) is 25.0 Å². The van der Waals surface area contributed by atoms with Gasteiger partial charge in [0.25, 0.3) is 6.02 Å². The number of nitrogens with two attached hydrogens (primary N) is 1. The number of aliphatic imine (C=N–C) groups is 2. The van der Waals surface area contributed by atoms with Gasteiger partial charge in [-0.1, -0.05) is 18.2 Å². The van der Waals surface area contributed by atoms with Crippen molar-refractivity contribution in [1.29, 1.82) is 0 Å². The van der Waals surface area contributed by atoms with Crippen LogP contribution >= 0.6 is 0 Å². The summed E-state index contributed by atoms with van der Waals surface area (Å²) in [5, 5.41) is 7.09. The van der Waals surface area contributed by atoms with Crippen molar-refractivity contribution in [2.45, 2.75) is 24.6 Å². The van der Waals surface area contributed by atoms with E-state index in [0.717, 1.165) is 11.3 Å². The van der Waals surface area contributed by atoms with E-state index in [0.29, 0.717) is 32.5 Å². The normalized spacial score (nSPS) is 16.1. The van der Waals surface area contributed by atoms with Crippen LogP contribution in [-0.4, -0.2) is 80.1 Å². The second kappa shape index (κ2) is 12.5. The van der Waals surface area contributed by atoms with Crippen LogP contribution in [0.15, 0.2) is 52.7 Å². The summed E-state index contributed by atoms with van der Waals surface area (Å²) in [6, 6.07) is 9.51. The molecule has 0 bridgehead atoms. The van der Waals surface area contributed by atoms with E-state index < -0.39 is 10.0 Å². The maximum atomic E-state index is 12.7. The molecule has 0 atom stereocenters. The van der Waals surface area contributed by atoms with Crippen LogP contribution in [0.4, 0.5) is 0 Å². The molecule has 1 fully saturated rings. The monoisotopic (exact) mass is 491 g/mol. The summed E-state index contributed by atoms with van der Waals surface area (Å²) < 4.78 is 33.9. The molecule has 1 aliphatic rings. The molecule has 13 heteroatoms. The number of hydrogen-bond acceptors (Lipinski definition) is 7. The zero-order valence-electron chi connectivity index (χ0n) is 19.5. The van der Waals surface area contributed by atoms with Crippen LogP contribution < -0.4 is 21.9 Å². The Hall–Kier alpha value is -3.00. The molecule has 2 heterocycles. The van der Waals surface area contributed by atoms with Gasteiger partial charge in [-0.05, 0) is 43.6 Å². The van der Waals surface area contributed by atoms with Gasteiger partial charge < -0.3 is 15.8 Å². The maximum Gasteiger partial charge on any atom is 0.290 e. The van der Waals surface area contributed by atoms with Crippen molar-refractivity contribution in [3.05, 3.63) is 48.3 Å². The molecule has 0 radical (unpaired) electrons. The fraction of sp³-hybridized carbons (Fsp3) is 0.476. The number of likely N-dealkylation sites (N-methyl/N-ethyl adjacent to an activating group) is 1. The van der Waals surface area contributed by atoms with Crippen LogP contribution in [0.25, 0.3) is 5.69 Å². The third-order valence-electron chi connectivity index (χ3n) is 5.39. The molecule has 12 nitrogen and oxygen atoms in total. The largest absolute Gasteiger partial charge is 0.464 e. The van der Waals surface area contributed by atoms with Crippen LogP contribution in [0.1, 0.15) is 18.4 Å².